The molecule has 26 heavy (non-hydrogen) atoms. The molecule has 0 spiro atoms. The summed E-state index contributed by atoms with van der Waals surface area (Å²) in [6.07, 6.45) is 7.41. The minimum Gasteiger partial charge on any atom is -0.437 e. The third-order valence-corrected chi connectivity index (χ3v) is 3.94. The van der Waals surface area contributed by atoms with Crippen LogP contribution < -0.4 is 10.1 Å². The third-order valence-electron chi connectivity index (χ3n) is 3.94. The van der Waals surface area contributed by atoms with Crippen LogP contribution in [0.15, 0.2) is 55.1 Å². The summed E-state index contributed by atoms with van der Waals surface area (Å²) in [6.45, 7) is 4.18. The molecular formula is C19H21N5O2. The topological polar surface area (TPSA) is 81.9 Å². The highest BCUT2D eigenvalue weighted by atomic mass is 16.5. The monoisotopic (exact) mass is 351 g/mol. The minimum absolute atomic E-state index is 0.0944. The first-order chi connectivity index (χ1) is 12.7. The van der Waals surface area contributed by atoms with Crippen LogP contribution in [0.1, 0.15) is 30.6 Å². The van der Waals surface area contributed by atoms with Gasteiger partial charge in [-0.15, -0.1) is 0 Å². The van der Waals surface area contributed by atoms with Crippen molar-refractivity contribution in [2.24, 2.45) is 0 Å². The van der Waals surface area contributed by atoms with Crippen molar-refractivity contribution < 1.29 is 9.53 Å². The fraction of sp³-hybridized carbons (Fsp3) is 0.263. The maximum absolute atomic E-state index is 12.5. The van der Waals surface area contributed by atoms with E-state index in [2.05, 4.69) is 20.4 Å². The number of pyridine rings is 2. The summed E-state index contributed by atoms with van der Waals surface area (Å²) in [6, 6.07) is 8.86. The average molecular weight is 351 g/mol. The fourth-order valence-electron chi connectivity index (χ4n) is 2.53. The van der Waals surface area contributed by atoms with E-state index in [1.807, 2.05) is 38.1 Å². The standard InChI is InChI=1S/C19H21N5O2/c1-3-17(24-11-5-10-23-24)18(25)22-12-15-6-4-9-20-19(15)26-16-8-7-14(2)21-13-16/h4-11,13,17H,3,12H2,1-2H3,(H,22,25)/t17-/m1/s1. The Kier molecular flexibility index (Phi) is 5.58. The Bertz CT molecular complexity index is 847. The summed E-state index contributed by atoms with van der Waals surface area (Å²) in [5.74, 6) is 0.957. The second-order valence-electron chi connectivity index (χ2n) is 5.83. The van der Waals surface area contributed by atoms with Gasteiger partial charge in [-0.1, -0.05) is 13.0 Å². The van der Waals surface area contributed by atoms with Crippen molar-refractivity contribution in [1.82, 2.24) is 25.1 Å². The molecule has 0 saturated heterocycles. The van der Waals surface area contributed by atoms with Crippen LogP contribution in [0.25, 0.3) is 0 Å². The van der Waals surface area contributed by atoms with Crippen molar-refractivity contribution in [3.05, 3.63) is 66.4 Å². The lowest BCUT2D eigenvalue weighted by molar-refractivity contribution is -0.124. The Morgan fingerprint density at radius 2 is 2.12 bits per heavy atom. The third kappa shape index (κ3) is 4.24. The quantitative estimate of drug-likeness (QED) is 0.707. The second kappa shape index (κ2) is 8.24. The van der Waals surface area contributed by atoms with Gasteiger partial charge in [-0.05, 0) is 37.6 Å². The molecule has 1 amide bonds. The van der Waals surface area contributed by atoms with Gasteiger partial charge in [-0.3, -0.25) is 14.5 Å². The highest BCUT2D eigenvalue weighted by molar-refractivity contribution is 5.80. The number of ether oxygens (including phenoxy) is 1. The first-order valence-corrected chi connectivity index (χ1v) is 8.48. The molecule has 3 heterocycles. The molecule has 0 aliphatic carbocycles. The van der Waals surface area contributed by atoms with Crippen molar-refractivity contribution in [1.29, 1.82) is 0 Å². The molecule has 3 aromatic rings. The number of rotatable bonds is 7. The van der Waals surface area contributed by atoms with Gasteiger partial charge >= 0.3 is 0 Å². The SMILES string of the molecule is CC[C@H](C(=O)NCc1cccnc1Oc1ccc(C)nc1)n1cccn1. The van der Waals surface area contributed by atoms with Crippen LogP contribution >= 0.6 is 0 Å². The molecule has 3 rings (SSSR count). The molecule has 0 radical (unpaired) electrons. The second-order valence-corrected chi connectivity index (χ2v) is 5.83. The fourth-order valence-corrected chi connectivity index (χ4v) is 2.53. The van der Waals surface area contributed by atoms with E-state index in [-0.39, 0.29) is 11.9 Å². The van der Waals surface area contributed by atoms with Gasteiger partial charge in [0.05, 0.1) is 6.20 Å². The number of nitrogens with zero attached hydrogens (tertiary/aromatic N) is 4. The van der Waals surface area contributed by atoms with Crippen LogP contribution in [0, 0.1) is 6.92 Å². The molecule has 0 unspecified atom stereocenters. The van der Waals surface area contributed by atoms with E-state index in [0.717, 1.165) is 11.3 Å². The predicted octanol–water partition coefficient (Wildman–Crippen LogP) is 3.04. The number of carbonyl (C=O) groups excluding carboxylic acids is 1. The molecule has 0 aromatic carbocycles. The highest BCUT2D eigenvalue weighted by Gasteiger charge is 2.19. The van der Waals surface area contributed by atoms with E-state index in [0.29, 0.717) is 24.6 Å². The number of nitrogens with one attached hydrogen (secondary N) is 1. The minimum atomic E-state index is -0.340. The summed E-state index contributed by atoms with van der Waals surface area (Å²) >= 11 is 0. The zero-order chi connectivity index (χ0) is 18.4. The van der Waals surface area contributed by atoms with E-state index in [1.54, 1.807) is 35.5 Å². The van der Waals surface area contributed by atoms with E-state index in [9.17, 15) is 4.79 Å². The Hall–Kier alpha value is -3.22. The van der Waals surface area contributed by atoms with Gasteiger partial charge in [0.1, 0.15) is 11.8 Å². The Balaban J connectivity index is 1.68. The lowest BCUT2D eigenvalue weighted by atomic mass is 10.2. The zero-order valence-corrected chi connectivity index (χ0v) is 14.8. The summed E-state index contributed by atoms with van der Waals surface area (Å²) in [5, 5.41) is 7.09. The largest absolute Gasteiger partial charge is 0.437 e. The van der Waals surface area contributed by atoms with Gasteiger partial charge < -0.3 is 10.1 Å². The number of carbonyl (C=O) groups is 1. The van der Waals surface area contributed by atoms with E-state index in [4.69, 9.17) is 4.74 Å². The Morgan fingerprint density at radius 1 is 1.23 bits per heavy atom. The maximum Gasteiger partial charge on any atom is 0.245 e. The molecule has 1 atom stereocenters. The molecule has 0 saturated carbocycles. The van der Waals surface area contributed by atoms with Gasteiger partial charge in [0.2, 0.25) is 11.8 Å². The number of aromatic nitrogens is 4. The van der Waals surface area contributed by atoms with Crippen molar-refractivity contribution in [2.45, 2.75) is 32.9 Å². The van der Waals surface area contributed by atoms with Crippen molar-refractivity contribution in [3.63, 3.8) is 0 Å². The molecule has 7 heteroatoms. The summed E-state index contributed by atoms with van der Waals surface area (Å²) < 4.78 is 7.47. The maximum atomic E-state index is 12.5. The molecule has 0 aliphatic rings. The molecule has 0 bridgehead atoms. The molecular weight excluding hydrogens is 330 g/mol. The Labute approximate surface area is 152 Å². The summed E-state index contributed by atoms with van der Waals surface area (Å²) in [5.41, 5.74) is 1.70. The first kappa shape index (κ1) is 17.6. The average Bonchev–Trinajstić information content (AvgIpc) is 3.18. The highest BCUT2D eigenvalue weighted by Crippen LogP contribution is 2.22. The van der Waals surface area contributed by atoms with Crippen LogP contribution in [0.3, 0.4) is 0 Å². The van der Waals surface area contributed by atoms with Crippen LogP contribution in [-0.2, 0) is 11.3 Å². The summed E-state index contributed by atoms with van der Waals surface area (Å²) in [4.78, 5) is 21.0. The molecule has 134 valence electrons. The number of hydrogen-bond acceptors (Lipinski definition) is 5. The van der Waals surface area contributed by atoms with Gasteiger partial charge in [0.25, 0.3) is 0 Å². The number of hydrogen-bond donors (Lipinski definition) is 1. The zero-order valence-electron chi connectivity index (χ0n) is 14.8. The molecule has 0 fully saturated rings. The van der Waals surface area contributed by atoms with Gasteiger partial charge in [0, 0.05) is 36.4 Å². The molecule has 0 aliphatic heterocycles. The normalized spacial score (nSPS) is 11.8. The smallest absolute Gasteiger partial charge is 0.245 e. The van der Waals surface area contributed by atoms with Gasteiger partial charge in [-0.2, -0.15) is 5.10 Å². The molecule has 1 N–H and O–H groups in total. The van der Waals surface area contributed by atoms with Crippen LogP contribution in [0.4, 0.5) is 0 Å². The molecule has 3 aromatic heterocycles. The van der Waals surface area contributed by atoms with E-state index < -0.39 is 0 Å². The van der Waals surface area contributed by atoms with E-state index >= 15 is 0 Å². The van der Waals surface area contributed by atoms with Crippen LogP contribution in [-0.4, -0.2) is 25.7 Å². The van der Waals surface area contributed by atoms with Gasteiger partial charge in [0.15, 0.2) is 0 Å². The number of aryl methyl sites for hydroxylation is 1. The first-order valence-electron chi connectivity index (χ1n) is 8.48. The number of amides is 1. The van der Waals surface area contributed by atoms with Crippen molar-refractivity contribution in [3.8, 4) is 11.6 Å². The molecule has 7 nitrogen and oxygen atoms in total. The Morgan fingerprint density at radius 3 is 2.81 bits per heavy atom. The lowest BCUT2D eigenvalue weighted by Gasteiger charge is -2.16. The van der Waals surface area contributed by atoms with Gasteiger partial charge in [-0.25, -0.2) is 4.98 Å². The lowest BCUT2D eigenvalue weighted by Crippen LogP contribution is -2.32. The van der Waals surface area contributed by atoms with Crippen LogP contribution in [0.5, 0.6) is 11.6 Å². The van der Waals surface area contributed by atoms with Crippen molar-refractivity contribution >= 4 is 5.91 Å². The van der Waals surface area contributed by atoms with E-state index in [1.165, 1.54) is 0 Å². The summed E-state index contributed by atoms with van der Waals surface area (Å²) in [7, 11) is 0. The predicted molar refractivity (Wildman–Crippen MR) is 96.7 cm³/mol. The van der Waals surface area contributed by atoms with Crippen molar-refractivity contribution in [2.75, 3.05) is 0 Å². The van der Waals surface area contributed by atoms with Crippen LogP contribution in [0.2, 0.25) is 0 Å².